The van der Waals surface area contributed by atoms with Crippen molar-refractivity contribution in [3.63, 3.8) is 0 Å². The zero-order valence-electron chi connectivity index (χ0n) is 9.98. The van der Waals surface area contributed by atoms with E-state index in [0.717, 1.165) is 17.0 Å². The molecule has 0 atom stereocenters. The number of aliphatic hydroxyl groups is 1. The van der Waals surface area contributed by atoms with E-state index in [4.69, 9.17) is 5.11 Å². The first-order valence-corrected chi connectivity index (χ1v) is 5.68. The van der Waals surface area contributed by atoms with E-state index < -0.39 is 0 Å². The number of anilines is 1. The lowest BCUT2D eigenvalue weighted by Crippen LogP contribution is -2.09. The van der Waals surface area contributed by atoms with E-state index in [0.29, 0.717) is 13.1 Å². The van der Waals surface area contributed by atoms with E-state index >= 15 is 0 Å². The van der Waals surface area contributed by atoms with Crippen LogP contribution in [0, 0.1) is 6.92 Å². The molecule has 0 aliphatic carbocycles. The Hall–Kier alpha value is -1.81. The molecule has 0 fully saturated rings. The molecule has 2 N–H and O–H groups in total. The number of aromatic nitrogens is 2. The molecule has 0 saturated carbocycles. The van der Waals surface area contributed by atoms with E-state index in [1.54, 1.807) is 6.08 Å². The fraction of sp³-hybridized carbons (Fsp3) is 0.308. The summed E-state index contributed by atoms with van der Waals surface area (Å²) in [5.74, 6) is 0.777. The normalized spacial score (nSPS) is 10.7. The maximum atomic E-state index is 9.11. The van der Waals surface area contributed by atoms with Gasteiger partial charge in [-0.2, -0.15) is 0 Å². The van der Waals surface area contributed by atoms with Crippen LogP contribution in [0.2, 0.25) is 0 Å². The molecule has 1 aromatic carbocycles. The molecule has 17 heavy (non-hydrogen) atoms. The van der Waals surface area contributed by atoms with Crippen molar-refractivity contribution in [3.8, 4) is 0 Å². The minimum Gasteiger partial charge on any atom is -0.395 e. The summed E-state index contributed by atoms with van der Waals surface area (Å²) in [7, 11) is 0. The van der Waals surface area contributed by atoms with Gasteiger partial charge >= 0.3 is 0 Å². The number of imidazole rings is 1. The average molecular weight is 231 g/mol. The highest BCUT2D eigenvalue weighted by molar-refractivity contribution is 5.79. The van der Waals surface area contributed by atoms with Crippen molar-refractivity contribution in [2.45, 2.75) is 13.5 Å². The number of rotatable bonds is 5. The first-order valence-electron chi connectivity index (χ1n) is 5.68. The molecule has 4 heteroatoms. The third-order valence-electron chi connectivity index (χ3n) is 2.63. The van der Waals surface area contributed by atoms with Gasteiger partial charge in [-0.15, -0.1) is 6.58 Å². The average Bonchev–Trinajstić information content (AvgIpc) is 2.64. The van der Waals surface area contributed by atoms with Crippen LogP contribution in [0.1, 0.15) is 5.56 Å². The van der Waals surface area contributed by atoms with Gasteiger partial charge in [0.25, 0.3) is 0 Å². The molecule has 0 saturated heterocycles. The maximum Gasteiger partial charge on any atom is 0.204 e. The predicted octanol–water partition coefficient (Wildman–Crippen LogP) is 1.93. The standard InChI is InChI=1S/C13H17N3O/c1-3-6-14-13-15-11-9-10(2)4-5-12(11)16(13)7-8-17/h3-5,9,17H,1,6-8H2,2H3,(H,14,15). The molecule has 4 nitrogen and oxygen atoms in total. The molecule has 1 heterocycles. The molecule has 0 bridgehead atoms. The zero-order valence-corrected chi connectivity index (χ0v) is 9.98. The highest BCUT2D eigenvalue weighted by Crippen LogP contribution is 2.20. The number of aliphatic hydroxyl groups excluding tert-OH is 1. The van der Waals surface area contributed by atoms with Gasteiger partial charge in [0.2, 0.25) is 5.95 Å². The van der Waals surface area contributed by atoms with E-state index in [-0.39, 0.29) is 6.61 Å². The van der Waals surface area contributed by atoms with Crippen LogP contribution in [-0.2, 0) is 6.54 Å². The van der Waals surface area contributed by atoms with Crippen molar-refractivity contribution < 1.29 is 5.11 Å². The predicted molar refractivity (Wildman–Crippen MR) is 70.2 cm³/mol. The van der Waals surface area contributed by atoms with Gasteiger partial charge in [0.1, 0.15) is 0 Å². The van der Waals surface area contributed by atoms with Gasteiger partial charge in [-0.05, 0) is 24.6 Å². The van der Waals surface area contributed by atoms with Crippen LogP contribution in [0.25, 0.3) is 11.0 Å². The largest absolute Gasteiger partial charge is 0.395 e. The van der Waals surface area contributed by atoms with Gasteiger partial charge < -0.3 is 15.0 Å². The van der Waals surface area contributed by atoms with Crippen molar-refractivity contribution in [1.82, 2.24) is 9.55 Å². The van der Waals surface area contributed by atoms with Crippen LogP contribution in [0.3, 0.4) is 0 Å². The summed E-state index contributed by atoms with van der Waals surface area (Å²) in [5.41, 5.74) is 3.17. The highest BCUT2D eigenvalue weighted by atomic mass is 16.3. The van der Waals surface area contributed by atoms with Gasteiger partial charge in [0.05, 0.1) is 17.6 Å². The monoisotopic (exact) mass is 231 g/mol. The van der Waals surface area contributed by atoms with Gasteiger partial charge in [-0.25, -0.2) is 4.98 Å². The third-order valence-corrected chi connectivity index (χ3v) is 2.63. The van der Waals surface area contributed by atoms with Crippen LogP contribution in [-0.4, -0.2) is 27.8 Å². The number of nitrogens with one attached hydrogen (secondary N) is 1. The number of hydrogen-bond acceptors (Lipinski definition) is 3. The number of aryl methyl sites for hydroxylation is 1. The first-order chi connectivity index (χ1) is 8.26. The van der Waals surface area contributed by atoms with E-state index in [9.17, 15) is 0 Å². The molecule has 90 valence electrons. The van der Waals surface area contributed by atoms with Crippen molar-refractivity contribution in [2.24, 2.45) is 0 Å². The molecular weight excluding hydrogens is 214 g/mol. The van der Waals surface area contributed by atoms with Crippen LogP contribution >= 0.6 is 0 Å². The summed E-state index contributed by atoms with van der Waals surface area (Å²) >= 11 is 0. The second kappa shape index (κ2) is 5.01. The number of fused-ring (bicyclic) bond motifs is 1. The Balaban J connectivity index is 2.49. The Morgan fingerprint density at radius 1 is 1.53 bits per heavy atom. The number of benzene rings is 1. The Morgan fingerprint density at radius 3 is 3.06 bits per heavy atom. The molecule has 0 radical (unpaired) electrons. The molecular formula is C13H17N3O. The molecule has 0 amide bonds. The maximum absolute atomic E-state index is 9.11. The summed E-state index contributed by atoms with van der Waals surface area (Å²) in [5, 5.41) is 12.3. The minimum atomic E-state index is 0.0993. The summed E-state index contributed by atoms with van der Waals surface area (Å²) < 4.78 is 1.98. The lowest BCUT2D eigenvalue weighted by Gasteiger charge is -2.07. The molecule has 0 aliphatic rings. The highest BCUT2D eigenvalue weighted by Gasteiger charge is 2.09. The second-order valence-corrected chi connectivity index (χ2v) is 3.97. The molecule has 0 unspecified atom stereocenters. The van der Waals surface area contributed by atoms with Crippen molar-refractivity contribution in [3.05, 3.63) is 36.4 Å². The van der Waals surface area contributed by atoms with E-state index in [2.05, 4.69) is 22.9 Å². The van der Waals surface area contributed by atoms with E-state index in [1.165, 1.54) is 5.56 Å². The Bertz CT molecular complexity index is 531. The van der Waals surface area contributed by atoms with Gasteiger partial charge in [-0.3, -0.25) is 0 Å². The Morgan fingerprint density at radius 2 is 2.35 bits per heavy atom. The van der Waals surface area contributed by atoms with Crippen LogP contribution < -0.4 is 5.32 Å². The van der Waals surface area contributed by atoms with E-state index in [1.807, 2.05) is 23.6 Å². The fourth-order valence-corrected chi connectivity index (χ4v) is 1.86. The zero-order chi connectivity index (χ0) is 12.3. The molecule has 1 aromatic heterocycles. The van der Waals surface area contributed by atoms with Gasteiger partial charge in [0.15, 0.2) is 0 Å². The van der Waals surface area contributed by atoms with Crippen LogP contribution in [0.5, 0.6) is 0 Å². The second-order valence-electron chi connectivity index (χ2n) is 3.97. The van der Waals surface area contributed by atoms with Crippen molar-refractivity contribution in [1.29, 1.82) is 0 Å². The minimum absolute atomic E-state index is 0.0993. The Labute approximate surface area is 101 Å². The summed E-state index contributed by atoms with van der Waals surface area (Å²) in [6, 6.07) is 6.13. The number of hydrogen-bond donors (Lipinski definition) is 2. The molecule has 2 aromatic rings. The topological polar surface area (TPSA) is 50.1 Å². The fourth-order valence-electron chi connectivity index (χ4n) is 1.86. The summed E-state index contributed by atoms with van der Waals surface area (Å²) in [6.45, 7) is 7.01. The smallest absolute Gasteiger partial charge is 0.204 e. The lowest BCUT2D eigenvalue weighted by atomic mass is 10.2. The number of nitrogens with zero attached hydrogens (tertiary/aromatic N) is 2. The molecule has 0 aliphatic heterocycles. The van der Waals surface area contributed by atoms with Crippen molar-refractivity contribution >= 4 is 17.0 Å². The quantitative estimate of drug-likeness (QED) is 0.773. The third kappa shape index (κ3) is 2.31. The summed E-state index contributed by atoms with van der Waals surface area (Å²) in [6.07, 6.45) is 1.79. The summed E-state index contributed by atoms with van der Waals surface area (Å²) in [4.78, 5) is 4.52. The molecule has 2 rings (SSSR count). The van der Waals surface area contributed by atoms with Gasteiger partial charge in [0, 0.05) is 13.1 Å². The van der Waals surface area contributed by atoms with Gasteiger partial charge in [-0.1, -0.05) is 12.1 Å². The van der Waals surface area contributed by atoms with Crippen LogP contribution in [0.15, 0.2) is 30.9 Å². The Kier molecular flexibility index (Phi) is 3.44. The first kappa shape index (κ1) is 11.7. The lowest BCUT2D eigenvalue weighted by molar-refractivity contribution is 0.278. The SMILES string of the molecule is C=CCNc1nc2cc(C)ccc2n1CCO. The van der Waals surface area contributed by atoms with Crippen molar-refractivity contribution in [2.75, 3.05) is 18.5 Å². The van der Waals surface area contributed by atoms with Crippen LogP contribution in [0.4, 0.5) is 5.95 Å². The molecule has 0 spiro atoms.